The van der Waals surface area contributed by atoms with Crippen LogP contribution < -0.4 is 21.5 Å². The standard InChI is InChI=1S/C24H26FN5O4/c1-33-19-5-3-2-4-16(19)24(32)28-12-14-6-8-15(9-7-14)21-20(23(27)31)22(26)30(29-21)18-10-11-34-13-17(18)25/h2-9,17-18H,10-13,26H2,1H3,(H2,27,31)(H,28,32)/t17-,18+/m1/s1. The molecule has 3 aromatic rings. The Morgan fingerprint density at radius 1 is 1.24 bits per heavy atom. The van der Waals surface area contributed by atoms with Crippen LogP contribution >= 0.6 is 0 Å². The fraction of sp³-hybridized carbons (Fsp3) is 0.292. The number of alkyl halides is 1. The first kappa shape index (κ1) is 23.2. The molecule has 1 aromatic heterocycles. The van der Waals surface area contributed by atoms with Gasteiger partial charge in [0.25, 0.3) is 11.8 Å². The SMILES string of the molecule is COc1ccccc1C(=O)NCc1ccc(-c2nn([C@H]3CCOC[C@H]3F)c(N)c2C(N)=O)cc1. The van der Waals surface area contributed by atoms with Crippen molar-refractivity contribution in [3.63, 3.8) is 0 Å². The van der Waals surface area contributed by atoms with Gasteiger partial charge in [0, 0.05) is 18.7 Å². The van der Waals surface area contributed by atoms with E-state index in [4.69, 9.17) is 20.9 Å². The van der Waals surface area contributed by atoms with Crippen molar-refractivity contribution >= 4 is 17.6 Å². The summed E-state index contributed by atoms with van der Waals surface area (Å²) >= 11 is 0. The van der Waals surface area contributed by atoms with Crippen LogP contribution in [0.25, 0.3) is 11.3 Å². The molecule has 10 heteroatoms. The molecule has 1 saturated heterocycles. The van der Waals surface area contributed by atoms with Crippen molar-refractivity contribution < 1.29 is 23.5 Å². The van der Waals surface area contributed by atoms with Gasteiger partial charge in [0.1, 0.15) is 29.0 Å². The zero-order chi connectivity index (χ0) is 24.2. The maximum Gasteiger partial charge on any atom is 0.255 e. The van der Waals surface area contributed by atoms with E-state index in [0.717, 1.165) is 5.56 Å². The molecule has 1 aliphatic rings. The molecular formula is C24H26FN5O4. The lowest BCUT2D eigenvalue weighted by molar-refractivity contribution is 0.000592. The van der Waals surface area contributed by atoms with Crippen molar-refractivity contribution in [1.82, 2.24) is 15.1 Å². The molecule has 2 heterocycles. The molecule has 0 aliphatic carbocycles. The van der Waals surface area contributed by atoms with Gasteiger partial charge in [-0.3, -0.25) is 9.59 Å². The molecule has 0 spiro atoms. The number of nitrogens with zero attached hydrogens (tertiary/aromatic N) is 2. The Kier molecular flexibility index (Phi) is 6.78. The van der Waals surface area contributed by atoms with Gasteiger partial charge in [-0.05, 0) is 24.1 Å². The lowest BCUT2D eigenvalue weighted by atomic mass is 10.0. The second-order valence-electron chi connectivity index (χ2n) is 7.94. The highest BCUT2D eigenvalue weighted by Gasteiger charge is 2.32. The summed E-state index contributed by atoms with van der Waals surface area (Å²) in [6.45, 7) is 0.601. The largest absolute Gasteiger partial charge is 0.496 e. The number of benzene rings is 2. The highest BCUT2D eigenvalue weighted by molar-refractivity contribution is 6.03. The second kappa shape index (κ2) is 9.92. The number of nitrogens with two attached hydrogens (primary N) is 2. The molecular weight excluding hydrogens is 441 g/mol. The van der Waals surface area contributed by atoms with Gasteiger partial charge in [-0.15, -0.1) is 0 Å². The van der Waals surface area contributed by atoms with Gasteiger partial charge < -0.3 is 26.3 Å². The number of rotatable bonds is 7. The number of carbonyl (C=O) groups is 2. The van der Waals surface area contributed by atoms with Crippen molar-refractivity contribution in [2.24, 2.45) is 5.73 Å². The molecule has 9 nitrogen and oxygen atoms in total. The molecule has 178 valence electrons. The van der Waals surface area contributed by atoms with Gasteiger partial charge >= 0.3 is 0 Å². The van der Waals surface area contributed by atoms with Crippen LogP contribution in [0.2, 0.25) is 0 Å². The zero-order valence-corrected chi connectivity index (χ0v) is 18.7. The monoisotopic (exact) mass is 467 g/mol. The van der Waals surface area contributed by atoms with E-state index < -0.39 is 18.1 Å². The number of nitrogen functional groups attached to an aromatic ring is 1. The number of halogens is 1. The number of anilines is 1. The number of para-hydroxylation sites is 1. The predicted octanol–water partition coefficient (Wildman–Crippen LogP) is 2.47. The summed E-state index contributed by atoms with van der Waals surface area (Å²) in [5.74, 6) is -0.483. The Hall–Kier alpha value is -3.92. The van der Waals surface area contributed by atoms with Crippen molar-refractivity contribution in [3.8, 4) is 17.0 Å². The van der Waals surface area contributed by atoms with Crippen LogP contribution in [0.1, 0.15) is 38.7 Å². The quantitative estimate of drug-likeness (QED) is 0.489. The molecule has 0 bridgehead atoms. The molecule has 0 saturated carbocycles. The third kappa shape index (κ3) is 4.58. The van der Waals surface area contributed by atoms with Crippen LogP contribution in [0.3, 0.4) is 0 Å². The maximum atomic E-state index is 14.4. The van der Waals surface area contributed by atoms with Crippen LogP contribution in [-0.2, 0) is 11.3 Å². The fourth-order valence-corrected chi connectivity index (χ4v) is 4.00. The van der Waals surface area contributed by atoms with Gasteiger partial charge in [0.2, 0.25) is 0 Å². The summed E-state index contributed by atoms with van der Waals surface area (Å²) < 4.78 is 26.1. The Morgan fingerprint density at radius 2 is 1.97 bits per heavy atom. The molecule has 5 N–H and O–H groups in total. The molecule has 1 aliphatic heterocycles. The number of amides is 2. The number of aromatic nitrogens is 2. The van der Waals surface area contributed by atoms with E-state index in [1.54, 1.807) is 48.5 Å². The number of carbonyl (C=O) groups excluding carboxylic acids is 2. The van der Waals surface area contributed by atoms with E-state index in [0.29, 0.717) is 29.9 Å². The lowest BCUT2D eigenvalue weighted by Gasteiger charge is -2.27. The van der Waals surface area contributed by atoms with E-state index in [9.17, 15) is 14.0 Å². The summed E-state index contributed by atoms with van der Waals surface area (Å²) in [4.78, 5) is 24.7. The molecule has 2 atom stereocenters. The minimum absolute atomic E-state index is 0.0326. The van der Waals surface area contributed by atoms with E-state index in [2.05, 4.69) is 10.4 Å². The number of nitrogens with one attached hydrogen (secondary N) is 1. The highest BCUT2D eigenvalue weighted by Crippen LogP contribution is 2.33. The Balaban J connectivity index is 1.54. The van der Waals surface area contributed by atoms with E-state index >= 15 is 0 Å². The van der Waals surface area contributed by atoms with Gasteiger partial charge in [-0.25, -0.2) is 9.07 Å². The highest BCUT2D eigenvalue weighted by atomic mass is 19.1. The summed E-state index contributed by atoms with van der Waals surface area (Å²) in [5.41, 5.74) is 13.9. The fourth-order valence-electron chi connectivity index (χ4n) is 4.00. The summed E-state index contributed by atoms with van der Waals surface area (Å²) in [6, 6.07) is 13.4. The van der Waals surface area contributed by atoms with Crippen LogP contribution in [0.15, 0.2) is 48.5 Å². The van der Waals surface area contributed by atoms with Gasteiger partial charge in [-0.1, -0.05) is 36.4 Å². The van der Waals surface area contributed by atoms with Crippen LogP contribution in [-0.4, -0.2) is 48.1 Å². The lowest BCUT2D eigenvalue weighted by Crippen LogP contribution is -2.32. The number of methoxy groups -OCH3 is 1. The first-order valence-corrected chi connectivity index (χ1v) is 10.8. The van der Waals surface area contributed by atoms with Gasteiger partial charge in [0.15, 0.2) is 0 Å². The smallest absolute Gasteiger partial charge is 0.255 e. The second-order valence-corrected chi connectivity index (χ2v) is 7.94. The van der Waals surface area contributed by atoms with Crippen LogP contribution in [0, 0.1) is 0 Å². The number of ether oxygens (including phenoxy) is 2. The van der Waals surface area contributed by atoms with Crippen molar-refractivity contribution in [2.45, 2.75) is 25.2 Å². The minimum atomic E-state index is -1.29. The summed E-state index contributed by atoms with van der Waals surface area (Å²) in [5, 5.41) is 7.30. The van der Waals surface area contributed by atoms with Crippen molar-refractivity contribution in [2.75, 3.05) is 26.1 Å². The number of hydrogen-bond acceptors (Lipinski definition) is 6. The third-order valence-electron chi connectivity index (χ3n) is 5.79. The van der Waals surface area contributed by atoms with E-state index in [1.807, 2.05) is 0 Å². The average molecular weight is 468 g/mol. The Morgan fingerprint density at radius 3 is 2.65 bits per heavy atom. The normalized spacial score (nSPS) is 17.8. The van der Waals surface area contributed by atoms with Crippen LogP contribution in [0.4, 0.5) is 10.2 Å². The average Bonchev–Trinajstić information content (AvgIpc) is 3.20. The summed E-state index contributed by atoms with van der Waals surface area (Å²) in [7, 11) is 1.51. The first-order chi connectivity index (χ1) is 16.4. The van der Waals surface area contributed by atoms with E-state index in [1.165, 1.54) is 11.8 Å². The first-order valence-electron chi connectivity index (χ1n) is 10.8. The molecule has 4 rings (SSSR count). The molecule has 2 aromatic carbocycles. The van der Waals surface area contributed by atoms with E-state index in [-0.39, 0.29) is 36.1 Å². The molecule has 34 heavy (non-hydrogen) atoms. The minimum Gasteiger partial charge on any atom is -0.496 e. The number of hydrogen-bond donors (Lipinski definition) is 3. The Bertz CT molecular complexity index is 1190. The summed E-state index contributed by atoms with van der Waals surface area (Å²) in [6.07, 6.45) is -0.908. The topological polar surface area (TPSA) is 134 Å². The molecule has 0 unspecified atom stereocenters. The zero-order valence-electron chi connectivity index (χ0n) is 18.7. The van der Waals surface area contributed by atoms with Crippen molar-refractivity contribution in [1.29, 1.82) is 0 Å². The maximum absolute atomic E-state index is 14.4. The van der Waals surface area contributed by atoms with Gasteiger partial charge in [0.05, 0.1) is 25.3 Å². The number of primary amides is 1. The van der Waals surface area contributed by atoms with Crippen LogP contribution in [0.5, 0.6) is 5.75 Å². The molecule has 2 amide bonds. The third-order valence-corrected chi connectivity index (χ3v) is 5.79. The van der Waals surface area contributed by atoms with Crippen molar-refractivity contribution in [3.05, 3.63) is 65.2 Å². The van der Waals surface area contributed by atoms with Gasteiger partial charge in [-0.2, -0.15) is 5.10 Å². The Labute approximate surface area is 195 Å². The molecule has 1 fully saturated rings. The molecule has 0 radical (unpaired) electrons. The predicted molar refractivity (Wildman–Crippen MR) is 124 cm³/mol.